The van der Waals surface area contributed by atoms with E-state index in [2.05, 4.69) is 51.0 Å². The maximum atomic E-state index is 13.7. The zero-order chi connectivity index (χ0) is 24.7. The van der Waals surface area contributed by atoms with Crippen molar-refractivity contribution >= 4 is 34.4 Å². The number of thioether (sulfide) groups is 1. The van der Waals surface area contributed by atoms with E-state index in [9.17, 15) is 4.79 Å². The van der Waals surface area contributed by atoms with Gasteiger partial charge in [-0.2, -0.15) is 5.10 Å². The summed E-state index contributed by atoms with van der Waals surface area (Å²) < 4.78 is 1.84. The Hall–Kier alpha value is -3.19. The van der Waals surface area contributed by atoms with Gasteiger partial charge >= 0.3 is 0 Å². The van der Waals surface area contributed by atoms with Crippen LogP contribution in [-0.2, 0) is 11.2 Å². The van der Waals surface area contributed by atoms with E-state index < -0.39 is 0 Å². The average Bonchev–Trinajstić information content (AvgIpc) is 3.27. The number of nitrogens with zero attached hydrogens (tertiary/aromatic N) is 5. The molecular formula is C28H31N5OS. The predicted molar refractivity (Wildman–Crippen MR) is 143 cm³/mol. The first-order valence-electron chi connectivity index (χ1n) is 12.1. The minimum atomic E-state index is -0.257. The van der Waals surface area contributed by atoms with Gasteiger partial charge in [-0.05, 0) is 56.9 Å². The van der Waals surface area contributed by atoms with Crippen LogP contribution in [0.5, 0.6) is 0 Å². The van der Waals surface area contributed by atoms with E-state index in [4.69, 9.17) is 9.97 Å². The van der Waals surface area contributed by atoms with Gasteiger partial charge in [0.2, 0.25) is 5.91 Å². The molecule has 180 valence electrons. The fraction of sp³-hybridized carbons (Fsp3) is 0.357. The van der Waals surface area contributed by atoms with Crippen molar-refractivity contribution in [3.63, 3.8) is 0 Å². The lowest BCUT2D eigenvalue weighted by molar-refractivity contribution is -0.117. The zero-order valence-corrected chi connectivity index (χ0v) is 21.8. The van der Waals surface area contributed by atoms with Crippen molar-refractivity contribution in [1.29, 1.82) is 0 Å². The largest absolute Gasteiger partial charge is 0.306 e. The molecule has 1 aliphatic rings. The monoisotopic (exact) mass is 485 g/mol. The molecule has 0 saturated carbocycles. The van der Waals surface area contributed by atoms with Crippen molar-refractivity contribution in [1.82, 2.24) is 19.7 Å². The maximum Gasteiger partial charge on any atom is 0.237 e. The number of aromatic nitrogens is 4. The summed E-state index contributed by atoms with van der Waals surface area (Å²) in [6.45, 7) is 10.7. The Labute approximate surface area is 210 Å². The molecule has 5 rings (SSSR count). The van der Waals surface area contributed by atoms with Crippen LogP contribution < -0.4 is 4.90 Å². The normalized spacial score (nSPS) is 16.9. The van der Waals surface area contributed by atoms with Gasteiger partial charge in [0.25, 0.3) is 0 Å². The van der Waals surface area contributed by atoms with Crippen LogP contribution in [-0.4, -0.2) is 36.9 Å². The summed E-state index contributed by atoms with van der Waals surface area (Å²) in [5.74, 6) is 1.56. The van der Waals surface area contributed by atoms with E-state index >= 15 is 0 Å². The van der Waals surface area contributed by atoms with Crippen molar-refractivity contribution in [3.8, 4) is 5.69 Å². The molecule has 4 aromatic rings. The molecular weight excluding hydrogens is 454 g/mol. The summed E-state index contributed by atoms with van der Waals surface area (Å²) in [5.41, 5.74) is 4.97. The third-order valence-corrected chi connectivity index (χ3v) is 7.68. The Morgan fingerprint density at radius 3 is 2.66 bits per heavy atom. The van der Waals surface area contributed by atoms with Gasteiger partial charge in [0, 0.05) is 17.6 Å². The van der Waals surface area contributed by atoms with Crippen LogP contribution in [0, 0.1) is 6.92 Å². The molecule has 0 aliphatic carbocycles. The van der Waals surface area contributed by atoms with Gasteiger partial charge in [-0.3, -0.25) is 4.79 Å². The Morgan fingerprint density at radius 1 is 1.14 bits per heavy atom. The third kappa shape index (κ3) is 4.33. The Kier molecular flexibility index (Phi) is 6.13. The topological polar surface area (TPSA) is 63.9 Å². The zero-order valence-electron chi connectivity index (χ0n) is 20.9. The second-order valence-electron chi connectivity index (χ2n) is 9.93. The number of rotatable bonds is 5. The number of aryl methyl sites for hydroxylation is 2. The first-order chi connectivity index (χ1) is 16.8. The Bertz CT molecular complexity index is 1400. The third-order valence-electron chi connectivity index (χ3n) is 6.70. The number of carbonyl (C=O) groups is 1. The number of hydrogen-bond acceptors (Lipinski definition) is 5. The average molecular weight is 486 g/mol. The summed E-state index contributed by atoms with van der Waals surface area (Å²) in [5, 5.41) is 6.26. The van der Waals surface area contributed by atoms with Crippen LogP contribution >= 0.6 is 11.8 Å². The number of amides is 1. The lowest BCUT2D eigenvalue weighted by atomic mass is 9.79. The first-order valence-corrected chi connectivity index (χ1v) is 13.1. The summed E-state index contributed by atoms with van der Waals surface area (Å²) in [6, 6.07) is 16.4. The molecule has 2 aromatic heterocycles. The maximum absolute atomic E-state index is 13.7. The Morgan fingerprint density at radius 2 is 1.91 bits per heavy atom. The molecule has 0 saturated heterocycles. The van der Waals surface area contributed by atoms with Gasteiger partial charge < -0.3 is 4.90 Å². The highest BCUT2D eigenvalue weighted by molar-refractivity contribution is 8.00. The molecule has 0 bridgehead atoms. The number of carbonyl (C=O) groups excluding carboxylic acids is 1. The van der Waals surface area contributed by atoms with Crippen molar-refractivity contribution in [3.05, 3.63) is 71.7 Å². The quantitative estimate of drug-likeness (QED) is 0.253. The fourth-order valence-electron chi connectivity index (χ4n) is 5.17. The SMILES string of the molecule is CCc1nc(SCC(=O)N2c3ccc(C)cc3[C@@H](C)CC2(C)C)c2cnn(-c3ccccc3)c2n1. The number of hydrogen-bond donors (Lipinski definition) is 0. The molecule has 2 aromatic carbocycles. The van der Waals surface area contributed by atoms with Gasteiger partial charge in [-0.1, -0.05) is 61.5 Å². The molecule has 0 spiro atoms. The summed E-state index contributed by atoms with van der Waals surface area (Å²) in [7, 11) is 0. The second kappa shape index (κ2) is 9.11. The second-order valence-corrected chi connectivity index (χ2v) is 10.9. The highest BCUT2D eigenvalue weighted by Gasteiger charge is 2.39. The van der Waals surface area contributed by atoms with Gasteiger partial charge in [-0.25, -0.2) is 14.6 Å². The summed E-state index contributed by atoms with van der Waals surface area (Å²) >= 11 is 1.47. The number of fused-ring (bicyclic) bond motifs is 2. The van der Waals surface area contributed by atoms with E-state index in [1.54, 1.807) is 6.20 Å². The van der Waals surface area contributed by atoms with Crippen molar-refractivity contribution in [2.45, 2.75) is 63.9 Å². The molecule has 0 radical (unpaired) electrons. The summed E-state index contributed by atoms with van der Waals surface area (Å²) in [4.78, 5) is 25.2. The minimum absolute atomic E-state index is 0.0947. The van der Waals surface area contributed by atoms with Gasteiger partial charge in [0.15, 0.2) is 5.65 Å². The number of para-hydroxylation sites is 1. The van der Waals surface area contributed by atoms with E-state index in [-0.39, 0.29) is 11.4 Å². The lowest BCUT2D eigenvalue weighted by Crippen LogP contribution is -2.52. The number of anilines is 1. The highest BCUT2D eigenvalue weighted by Crippen LogP contribution is 2.44. The Balaban J connectivity index is 1.47. The molecule has 0 unspecified atom stereocenters. The molecule has 1 amide bonds. The van der Waals surface area contributed by atoms with Crippen molar-refractivity contribution < 1.29 is 4.79 Å². The minimum Gasteiger partial charge on any atom is -0.306 e. The molecule has 1 aliphatic heterocycles. The first kappa shape index (κ1) is 23.5. The smallest absolute Gasteiger partial charge is 0.237 e. The number of benzene rings is 2. The van der Waals surface area contributed by atoms with Crippen LogP contribution in [0.15, 0.2) is 59.8 Å². The van der Waals surface area contributed by atoms with E-state index in [0.717, 1.165) is 39.7 Å². The van der Waals surface area contributed by atoms with E-state index in [0.29, 0.717) is 18.1 Å². The van der Waals surface area contributed by atoms with Crippen LogP contribution in [0.1, 0.15) is 57.0 Å². The highest BCUT2D eigenvalue weighted by atomic mass is 32.2. The van der Waals surface area contributed by atoms with Crippen LogP contribution in [0.25, 0.3) is 16.7 Å². The molecule has 35 heavy (non-hydrogen) atoms. The molecule has 0 fully saturated rings. The van der Waals surface area contributed by atoms with Crippen LogP contribution in [0.3, 0.4) is 0 Å². The van der Waals surface area contributed by atoms with Crippen LogP contribution in [0.2, 0.25) is 0 Å². The van der Waals surface area contributed by atoms with E-state index in [1.165, 1.54) is 22.9 Å². The fourth-order valence-corrected chi connectivity index (χ4v) is 6.03. The predicted octanol–water partition coefficient (Wildman–Crippen LogP) is 6.10. The van der Waals surface area contributed by atoms with E-state index in [1.807, 2.05) is 46.8 Å². The standard InChI is InChI=1S/C28H31N5OS/c1-6-24-30-26-22(16-29-33(26)20-10-8-7-9-11-20)27(31-24)35-17-25(34)32-23-13-12-18(2)14-21(23)19(3)15-28(32,4)5/h7-14,16,19H,6,15,17H2,1-5H3/t19-/m0/s1. The lowest BCUT2D eigenvalue weighted by Gasteiger charge is -2.46. The molecule has 0 N–H and O–H groups in total. The molecule has 1 atom stereocenters. The van der Waals surface area contributed by atoms with Gasteiger partial charge in [0.1, 0.15) is 10.9 Å². The van der Waals surface area contributed by atoms with Gasteiger partial charge in [0.05, 0.1) is 23.0 Å². The van der Waals surface area contributed by atoms with Crippen molar-refractivity contribution in [2.75, 3.05) is 10.7 Å². The summed E-state index contributed by atoms with van der Waals surface area (Å²) in [6.07, 6.45) is 3.45. The molecule has 7 heteroatoms. The molecule has 3 heterocycles. The van der Waals surface area contributed by atoms with Crippen LogP contribution in [0.4, 0.5) is 5.69 Å². The van der Waals surface area contributed by atoms with Gasteiger partial charge in [-0.15, -0.1) is 0 Å². The molecule has 6 nitrogen and oxygen atoms in total. The van der Waals surface area contributed by atoms with Crippen molar-refractivity contribution in [2.24, 2.45) is 0 Å².